The molecular weight excluding hydrogens is 828 g/mol. The molecule has 5 heterocycles. The standard InChI is InChI=1S/C45H74O18/c1-19-7-12-45(56-18-19)20(2)30-26(63-45)14-25-23-6-5-21-13-22(8-10-43(21,3)24(23)9-11-44(25,30)4)57-42-39(62-41-37(55)35(53)32(50)28(16-47)59-41)38(33(51)29(17-48)60-42)61-40-36(54)34(52)31(49)27(15-46)58-40/h19-42,46-55H,5-18H2,1-4H3/t19-,20-,21+,22-,23+,24-,25-,26-,27+,28+,29+,30-,31+,32+,33-,34-,35-,36+,37+,38-,39+,40-,41-,42+,43-,44-,45+/m0/s1. The van der Waals surface area contributed by atoms with Gasteiger partial charge >= 0.3 is 0 Å². The third kappa shape index (κ3) is 7.88. The van der Waals surface area contributed by atoms with Crippen molar-refractivity contribution in [3.63, 3.8) is 0 Å². The molecule has 0 radical (unpaired) electrons. The average Bonchev–Trinajstić information content (AvgIpc) is 3.72. The van der Waals surface area contributed by atoms with Crippen molar-refractivity contribution in [1.29, 1.82) is 0 Å². The maximum absolute atomic E-state index is 11.6. The molecule has 5 saturated heterocycles. The van der Waals surface area contributed by atoms with E-state index in [1.165, 1.54) is 0 Å². The second-order valence-electron chi connectivity index (χ2n) is 21.5. The van der Waals surface area contributed by atoms with Crippen molar-refractivity contribution < 1.29 is 89.0 Å². The Hall–Kier alpha value is -0.720. The van der Waals surface area contributed by atoms with Crippen LogP contribution in [-0.4, -0.2) is 188 Å². The van der Waals surface area contributed by atoms with Gasteiger partial charge in [0.05, 0.1) is 38.6 Å². The summed E-state index contributed by atoms with van der Waals surface area (Å²) in [5.41, 5.74) is 0.261. The van der Waals surface area contributed by atoms with E-state index in [1.807, 2.05) is 0 Å². The summed E-state index contributed by atoms with van der Waals surface area (Å²) in [5, 5.41) is 106. The largest absolute Gasteiger partial charge is 0.394 e. The second-order valence-corrected chi connectivity index (χ2v) is 21.5. The number of aliphatic hydroxyl groups excluding tert-OH is 10. The molecule has 0 amide bonds. The molecule has 1 spiro atoms. The summed E-state index contributed by atoms with van der Waals surface area (Å²) < 4.78 is 50.2. The highest BCUT2D eigenvalue weighted by atomic mass is 16.8. The van der Waals surface area contributed by atoms with Gasteiger partial charge in [0.1, 0.15) is 73.2 Å². The van der Waals surface area contributed by atoms with Crippen molar-refractivity contribution in [3.8, 4) is 0 Å². The topological polar surface area (TPSA) is 276 Å². The van der Waals surface area contributed by atoms with E-state index in [2.05, 4.69) is 27.7 Å². The molecule has 0 bridgehead atoms. The van der Waals surface area contributed by atoms with Gasteiger partial charge in [-0.05, 0) is 104 Å². The van der Waals surface area contributed by atoms with Crippen LogP contribution >= 0.6 is 0 Å². The van der Waals surface area contributed by atoms with Crippen LogP contribution in [0.2, 0.25) is 0 Å². The molecule has 18 nitrogen and oxygen atoms in total. The first-order chi connectivity index (χ1) is 30.0. The van der Waals surface area contributed by atoms with Crippen LogP contribution in [-0.2, 0) is 37.9 Å². The lowest BCUT2D eigenvalue weighted by Gasteiger charge is -2.61. The third-order valence-electron chi connectivity index (χ3n) is 18.3. The molecule has 9 rings (SSSR count). The molecule has 63 heavy (non-hydrogen) atoms. The van der Waals surface area contributed by atoms with Crippen LogP contribution in [0.25, 0.3) is 0 Å². The van der Waals surface area contributed by atoms with E-state index in [4.69, 9.17) is 37.9 Å². The fourth-order valence-electron chi connectivity index (χ4n) is 14.7. The normalized spacial score (nSPS) is 58.2. The minimum absolute atomic E-state index is 0.0658. The first kappa shape index (κ1) is 47.4. The van der Waals surface area contributed by atoms with Crippen molar-refractivity contribution in [1.82, 2.24) is 0 Å². The van der Waals surface area contributed by atoms with Crippen molar-refractivity contribution in [2.24, 2.45) is 52.3 Å². The quantitative estimate of drug-likeness (QED) is 0.128. The third-order valence-corrected chi connectivity index (χ3v) is 18.3. The number of fused-ring (bicyclic) bond motifs is 7. The van der Waals surface area contributed by atoms with Crippen LogP contribution in [0, 0.1) is 52.3 Å². The van der Waals surface area contributed by atoms with Crippen LogP contribution in [0.5, 0.6) is 0 Å². The van der Waals surface area contributed by atoms with Gasteiger partial charge in [0.15, 0.2) is 24.7 Å². The van der Waals surface area contributed by atoms with E-state index in [9.17, 15) is 51.1 Å². The van der Waals surface area contributed by atoms with Crippen molar-refractivity contribution in [2.45, 2.75) is 202 Å². The predicted molar refractivity (Wildman–Crippen MR) is 216 cm³/mol. The summed E-state index contributed by atoms with van der Waals surface area (Å²) in [6, 6.07) is 0. The maximum Gasteiger partial charge on any atom is 0.187 e. The zero-order valence-electron chi connectivity index (χ0n) is 37.0. The molecule has 0 unspecified atom stereocenters. The van der Waals surface area contributed by atoms with E-state index in [0.717, 1.165) is 58.0 Å². The zero-order valence-corrected chi connectivity index (χ0v) is 37.0. The summed E-state index contributed by atoms with van der Waals surface area (Å²) in [4.78, 5) is 0. The Morgan fingerprint density at radius 1 is 0.556 bits per heavy atom. The van der Waals surface area contributed by atoms with Gasteiger partial charge in [0.25, 0.3) is 0 Å². The Bertz CT molecular complexity index is 1570. The molecule has 5 aliphatic heterocycles. The molecular formula is C45H74O18. The first-order valence-electron chi connectivity index (χ1n) is 23.8. The molecule has 362 valence electrons. The van der Waals surface area contributed by atoms with Gasteiger partial charge in [-0.1, -0.05) is 27.7 Å². The molecule has 0 aromatic carbocycles. The van der Waals surface area contributed by atoms with Crippen LogP contribution in [0.15, 0.2) is 0 Å². The summed E-state index contributed by atoms with van der Waals surface area (Å²) in [6.07, 6.45) is -14.7. The van der Waals surface area contributed by atoms with Crippen molar-refractivity contribution >= 4 is 0 Å². The highest BCUT2D eigenvalue weighted by molar-refractivity contribution is 5.15. The second kappa shape index (κ2) is 18.0. The van der Waals surface area contributed by atoms with Crippen molar-refractivity contribution in [2.75, 3.05) is 26.4 Å². The fourth-order valence-corrected chi connectivity index (χ4v) is 14.7. The monoisotopic (exact) mass is 902 g/mol. The molecule has 4 saturated carbocycles. The number of ether oxygens (including phenoxy) is 8. The van der Waals surface area contributed by atoms with Crippen molar-refractivity contribution in [3.05, 3.63) is 0 Å². The van der Waals surface area contributed by atoms with E-state index < -0.39 is 118 Å². The lowest BCUT2D eigenvalue weighted by molar-refractivity contribution is -0.396. The van der Waals surface area contributed by atoms with Crippen LogP contribution in [0.1, 0.15) is 91.9 Å². The number of hydrogen-bond acceptors (Lipinski definition) is 18. The van der Waals surface area contributed by atoms with Crippen LogP contribution < -0.4 is 0 Å². The fraction of sp³-hybridized carbons (Fsp3) is 1.00. The maximum atomic E-state index is 11.6. The Kier molecular flexibility index (Phi) is 13.5. The highest BCUT2D eigenvalue weighted by Gasteiger charge is 2.69. The Morgan fingerprint density at radius 3 is 1.75 bits per heavy atom. The summed E-state index contributed by atoms with van der Waals surface area (Å²) in [5.74, 6) is 2.99. The zero-order chi connectivity index (χ0) is 44.9. The molecule has 27 atom stereocenters. The summed E-state index contributed by atoms with van der Waals surface area (Å²) in [6.45, 7) is 8.21. The molecule has 9 fully saturated rings. The van der Waals surface area contributed by atoms with Gasteiger partial charge in [-0.3, -0.25) is 0 Å². The summed E-state index contributed by atoms with van der Waals surface area (Å²) in [7, 11) is 0. The smallest absolute Gasteiger partial charge is 0.187 e. The molecule has 4 aliphatic carbocycles. The molecule has 18 heteroatoms. The van der Waals surface area contributed by atoms with E-state index >= 15 is 0 Å². The van der Waals surface area contributed by atoms with Crippen LogP contribution in [0.4, 0.5) is 0 Å². The average molecular weight is 903 g/mol. The molecule has 0 aromatic heterocycles. The van der Waals surface area contributed by atoms with E-state index in [1.54, 1.807) is 0 Å². The first-order valence-corrected chi connectivity index (χ1v) is 23.8. The minimum Gasteiger partial charge on any atom is -0.394 e. The highest BCUT2D eigenvalue weighted by Crippen LogP contribution is 2.71. The molecule has 10 N–H and O–H groups in total. The Labute approximate surface area is 369 Å². The minimum atomic E-state index is -1.87. The van der Waals surface area contributed by atoms with Gasteiger partial charge in [-0.15, -0.1) is 0 Å². The number of aliphatic hydroxyl groups is 10. The number of rotatable bonds is 9. The number of hydrogen-bond donors (Lipinski definition) is 10. The lowest BCUT2D eigenvalue weighted by atomic mass is 9.44. The molecule has 0 aromatic rings. The van der Waals surface area contributed by atoms with E-state index in [-0.39, 0.29) is 23.0 Å². The van der Waals surface area contributed by atoms with Gasteiger partial charge in [-0.25, -0.2) is 0 Å². The Balaban J connectivity index is 0.925. The lowest BCUT2D eigenvalue weighted by Crippen LogP contribution is -2.67. The van der Waals surface area contributed by atoms with Gasteiger partial charge in [0.2, 0.25) is 0 Å². The van der Waals surface area contributed by atoms with Gasteiger partial charge in [0, 0.05) is 12.3 Å². The summed E-state index contributed by atoms with van der Waals surface area (Å²) >= 11 is 0. The van der Waals surface area contributed by atoms with Gasteiger partial charge < -0.3 is 89.0 Å². The van der Waals surface area contributed by atoms with Crippen LogP contribution in [0.3, 0.4) is 0 Å². The van der Waals surface area contributed by atoms with E-state index in [0.29, 0.717) is 54.3 Å². The Morgan fingerprint density at radius 2 is 1.14 bits per heavy atom. The SMILES string of the molecule is C[C@H]1CC[C@@]2(OC1)O[C@H]1C[C@H]3[C@@H]4CC[C@@H]5C[C@@H](O[C@@H]6O[C@H](CO)[C@H](O)[C@H](O[C@@H]7O[C@H](CO)[C@@H](O)[C@H](O)[C@H]7O)[C@H]6O[C@@H]6O[C@H](CO)[C@@H](O)[C@H](O)[C@H]6O)CC[C@]5(C)[C@H]4CC[C@]3(C)[C@H]1[C@@H]2C. The van der Waals surface area contributed by atoms with Gasteiger partial charge in [-0.2, -0.15) is 0 Å². The molecule has 9 aliphatic rings. The predicted octanol–water partition coefficient (Wildman–Crippen LogP) is -0.734.